The summed E-state index contributed by atoms with van der Waals surface area (Å²) >= 11 is 0. The van der Waals surface area contributed by atoms with E-state index in [9.17, 15) is 9.59 Å². The molecular weight excluding hydrogens is 330 g/mol. The number of amides is 2. The third-order valence-corrected chi connectivity index (χ3v) is 4.42. The number of nitrogens with zero attached hydrogens (tertiary/aromatic N) is 2. The van der Waals surface area contributed by atoms with Gasteiger partial charge in [-0.25, -0.2) is 0 Å². The van der Waals surface area contributed by atoms with E-state index >= 15 is 0 Å². The van der Waals surface area contributed by atoms with Crippen molar-refractivity contribution in [3.8, 4) is 11.1 Å². The molecule has 6 heteroatoms. The summed E-state index contributed by atoms with van der Waals surface area (Å²) < 4.78 is 0. The van der Waals surface area contributed by atoms with Crippen molar-refractivity contribution in [1.82, 2.24) is 4.90 Å². The maximum atomic E-state index is 12.9. The highest BCUT2D eigenvalue weighted by molar-refractivity contribution is 6.01. The Hall–Kier alpha value is -3.15. The number of likely N-dealkylation sites (tertiary alicyclic amines) is 1. The Morgan fingerprint density at radius 1 is 1.12 bits per heavy atom. The summed E-state index contributed by atoms with van der Waals surface area (Å²) in [5.74, 6) is -0.581. The summed E-state index contributed by atoms with van der Waals surface area (Å²) in [6.07, 6.45) is 0.598. The molecule has 6 nitrogen and oxygen atoms in total. The third-order valence-electron chi connectivity index (χ3n) is 4.42. The van der Waals surface area contributed by atoms with E-state index in [1.165, 1.54) is 7.11 Å². The van der Waals surface area contributed by atoms with Gasteiger partial charge >= 0.3 is 0 Å². The summed E-state index contributed by atoms with van der Waals surface area (Å²) in [5, 5.41) is 3.93. The zero-order valence-electron chi connectivity index (χ0n) is 14.6. The third kappa shape index (κ3) is 3.91. The molecule has 1 unspecified atom stereocenters. The van der Waals surface area contributed by atoms with E-state index in [4.69, 9.17) is 10.6 Å². The molecule has 2 aromatic carbocycles. The van der Waals surface area contributed by atoms with E-state index < -0.39 is 5.91 Å². The Morgan fingerprint density at radius 3 is 2.38 bits per heavy atom. The van der Waals surface area contributed by atoms with Gasteiger partial charge in [0.1, 0.15) is 7.11 Å². The lowest BCUT2D eigenvalue weighted by atomic mass is 10.0. The van der Waals surface area contributed by atoms with E-state index in [-0.39, 0.29) is 18.4 Å². The maximum absolute atomic E-state index is 12.9. The molecule has 26 heavy (non-hydrogen) atoms. The number of nitrogens with two attached hydrogens (primary N) is 1. The predicted octanol–water partition coefficient (Wildman–Crippen LogP) is 2.45. The van der Waals surface area contributed by atoms with Gasteiger partial charge in [-0.3, -0.25) is 9.59 Å². The van der Waals surface area contributed by atoms with E-state index in [1.807, 2.05) is 42.5 Å². The second kappa shape index (κ2) is 7.82. The van der Waals surface area contributed by atoms with Crippen LogP contribution in [0.2, 0.25) is 0 Å². The zero-order valence-corrected chi connectivity index (χ0v) is 14.6. The van der Waals surface area contributed by atoms with Crippen LogP contribution in [0.15, 0.2) is 59.8 Å². The Morgan fingerprint density at radius 2 is 1.77 bits per heavy atom. The molecule has 0 bridgehead atoms. The molecular formula is C20H21N3O3. The fraction of sp³-hybridized carbons (Fsp3) is 0.250. The van der Waals surface area contributed by atoms with Gasteiger partial charge in [0.05, 0.1) is 12.3 Å². The Kier molecular flexibility index (Phi) is 5.31. The molecule has 0 spiro atoms. The van der Waals surface area contributed by atoms with Crippen LogP contribution in [0.3, 0.4) is 0 Å². The second-order valence-corrected chi connectivity index (χ2v) is 6.24. The van der Waals surface area contributed by atoms with Gasteiger partial charge in [-0.2, -0.15) is 0 Å². The first-order valence-electron chi connectivity index (χ1n) is 8.42. The predicted molar refractivity (Wildman–Crippen MR) is 99.6 cm³/mol. The number of carbonyl (C=O) groups excluding carboxylic acids is 2. The quantitative estimate of drug-likeness (QED) is 0.840. The Bertz CT molecular complexity index is 816. The second-order valence-electron chi connectivity index (χ2n) is 6.24. The van der Waals surface area contributed by atoms with Crippen molar-refractivity contribution in [2.24, 2.45) is 10.9 Å². The van der Waals surface area contributed by atoms with E-state index in [0.29, 0.717) is 18.5 Å². The molecule has 0 aliphatic carbocycles. The average molecular weight is 351 g/mol. The minimum atomic E-state index is -0.439. The summed E-state index contributed by atoms with van der Waals surface area (Å²) in [4.78, 5) is 30.7. The number of rotatable bonds is 5. The van der Waals surface area contributed by atoms with Gasteiger partial charge in [0, 0.05) is 24.4 Å². The minimum Gasteiger partial charge on any atom is -0.399 e. The van der Waals surface area contributed by atoms with Gasteiger partial charge in [0.25, 0.3) is 5.91 Å². The lowest BCUT2D eigenvalue weighted by molar-refractivity contribution is -0.118. The molecule has 1 aliphatic heterocycles. The lowest BCUT2D eigenvalue weighted by Gasteiger charge is -2.23. The van der Waals surface area contributed by atoms with Crippen molar-refractivity contribution in [3.05, 3.63) is 60.2 Å². The van der Waals surface area contributed by atoms with Crippen LogP contribution in [0.1, 0.15) is 23.2 Å². The van der Waals surface area contributed by atoms with Gasteiger partial charge < -0.3 is 15.5 Å². The van der Waals surface area contributed by atoms with Gasteiger partial charge in [-0.15, -0.1) is 0 Å². The number of oxime groups is 1. The summed E-state index contributed by atoms with van der Waals surface area (Å²) in [5.41, 5.74) is 8.76. The zero-order chi connectivity index (χ0) is 18.5. The highest BCUT2D eigenvalue weighted by atomic mass is 16.6. The van der Waals surface area contributed by atoms with Crippen LogP contribution in [-0.4, -0.2) is 42.1 Å². The molecule has 0 radical (unpaired) electrons. The number of benzene rings is 2. The average Bonchev–Trinajstić information content (AvgIpc) is 3.04. The lowest BCUT2D eigenvalue weighted by Crippen LogP contribution is -2.38. The van der Waals surface area contributed by atoms with Crippen molar-refractivity contribution in [2.45, 2.75) is 18.9 Å². The van der Waals surface area contributed by atoms with Gasteiger partial charge in [-0.05, 0) is 23.3 Å². The summed E-state index contributed by atoms with van der Waals surface area (Å²) in [7, 11) is 1.46. The first-order chi connectivity index (χ1) is 12.6. The highest BCUT2D eigenvalue weighted by Gasteiger charge is 2.34. The molecule has 2 amide bonds. The van der Waals surface area contributed by atoms with E-state index in [1.54, 1.807) is 17.0 Å². The molecule has 0 aromatic heterocycles. The van der Waals surface area contributed by atoms with Crippen molar-refractivity contribution in [1.29, 1.82) is 0 Å². The molecule has 1 saturated heterocycles. The van der Waals surface area contributed by atoms with Crippen LogP contribution in [0, 0.1) is 0 Å². The van der Waals surface area contributed by atoms with Crippen LogP contribution < -0.4 is 5.73 Å². The Balaban J connectivity index is 1.80. The minimum absolute atomic E-state index is 0.108. The Labute approximate surface area is 152 Å². The standard InChI is InChI=1S/C20H21N3O3/c1-26-22-17-11-18(12-19(21)24)23(13-17)20(25)16-9-7-15(8-10-16)14-5-3-2-4-6-14/h2-10,18H,11-13H2,1H3,(H2,21,24). The van der Waals surface area contributed by atoms with E-state index in [2.05, 4.69) is 5.16 Å². The molecule has 0 saturated carbocycles. The fourth-order valence-electron chi connectivity index (χ4n) is 3.22. The number of hydrogen-bond donors (Lipinski definition) is 1. The molecule has 1 heterocycles. The monoisotopic (exact) mass is 351 g/mol. The molecule has 2 aromatic rings. The van der Waals surface area contributed by atoms with Crippen molar-refractivity contribution >= 4 is 17.5 Å². The number of hydrogen-bond acceptors (Lipinski definition) is 4. The number of carbonyl (C=O) groups is 2. The molecule has 1 fully saturated rings. The molecule has 3 rings (SSSR count). The highest BCUT2D eigenvalue weighted by Crippen LogP contribution is 2.24. The summed E-state index contributed by atoms with van der Waals surface area (Å²) in [6.45, 7) is 0.338. The van der Waals surface area contributed by atoms with Gasteiger partial charge in [-0.1, -0.05) is 47.6 Å². The molecule has 134 valence electrons. The van der Waals surface area contributed by atoms with Gasteiger partial charge in [0.2, 0.25) is 5.91 Å². The van der Waals surface area contributed by atoms with Crippen LogP contribution in [0.5, 0.6) is 0 Å². The normalized spacial score (nSPS) is 18.1. The maximum Gasteiger partial charge on any atom is 0.254 e. The largest absolute Gasteiger partial charge is 0.399 e. The SMILES string of the molecule is CON=C1CC(CC(N)=O)N(C(=O)c2ccc(-c3ccccc3)cc2)C1. The number of primary amides is 1. The topological polar surface area (TPSA) is 85.0 Å². The fourth-order valence-corrected chi connectivity index (χ4v) is 3.22. The molecule has 1 atom stereocenters. The molecule has 2 N–H and O–H groups in total. The molecule has 1 aliphatic rings. The van der Waals surface area contributed by atoms with Crippen molar-refractivity contribution in [2.75, 3.05) is 13.7 Å². The summed E-state index contributed by atoms with van der Waals surface area (Å²) in [6, 6.07) is 17.1. The first-order valence-corrected chi connectivity index (χ1v) is 8.42. The van der Waals surface area contributed by atoms with Crippen LogP contribution in [0.4, 0.5) is 0 Å². The van der Waals surface area contributed by atoms with Crippen molar-refractivity contribution in [3.63, 3.8) is 0 Å². The van der Waals surface area contributed by atoms with Crippen molar-refractivity contribution < 1.29 is 14.4 Å². The first kappa shape index (κ1) is 17.7. The van der Waals surface area contributed by atoms with E-state index in [0.717, 1.165) is 16.8 Å². The van der Waals surface area contributed by atoms with Gasteiger partial charge in [0.15, 0.2) is 0 Å². The van der Waals surface area contributed by atoms with Crippen LogP contribution >= 0.6 is 0 Å². The smallest absolute Gasteiger partial charge is 0.254 e. The van der Waals surface area contributed by atoms with Crippen LogP contribution in [0.25, 0.3) is 11.1 Å². The van der Waals surface area contributed by atoms with Crippen LogP contribution in [-0.2, 0) is 9.63 Å².